The average Bonchev–Trinajstić information content (AvgIpc) is 2.89. The summed E-state index contributed by atoms with van der Waals surface area (Å²) in [7, 11) is 0. The lowest BCUT2D eigenvalue weighted by Gasteiger charge is -2.25. The second-order valence-corrected chi connectivity index (χ2v) is 4.90. The van der Waals surface area contributed by atoms with Gasteiger partial charge in [-0.2, -0.15) is 0 Å². The van der Waals surface area contributed by atoms with E-state index in [1.807, 2.05) is 6.92 Å². The zero-order valence-corrected chi connectivity index (χ0v) is 10.9. The summed E-state index contributed by atoms with van der Waals surface area (Å²) < 4.78 is 0. The lowest BCUT2D eigenvalue weighted by Crippen LogP contribution is -2.37. The second-order valence-electron chi connectivity index (χ2n) is 4.90. The topological polar surface area (TPSA) is 78.4 Å². The standard InChI is InChI=1S/C14H18N2O3/c1-2-14(6-7-15-9-14)13(19)16-11-5-3-4-10(8-11)12(17)18/h3-5,8,15H,2,6-7,9H2,1H3,(H,16,19)(H,17,18). The van der Waals surface area contributed by atoms with Crippen LogP contribution in [-0.4, -0.2) is 30.1 Å². The van der Waals surface area contributed by atoms with Gasteiger partial charge in [-0.05, 0) is 37.6 Å². The highest BCUT2D eigenvalue weighted by molar-refractivity contribution is 5.97. The van der Waals surface area contributed by atoms with Crippen molar-refractivity contribution in [2.45, 2.75) is 19.8 Å². The number of amides is 1. The summed E-state index contributed by atoms with van der Waals surface area (Å²) in [5.41, 5.74) is 0.330. The van der Waals surface area contributed by atoms with Crippen LogP contribution in [0.15, 0.2) is 24.3 Å². The van der Waals surface area contributed by atoms with E-state index in [-0.39, 0.29) is 16.9 Å². The first-order valence-corrected chi connectivity index (χ1v) is 6.43. The van der Waals surface area contributed by atoms with Crippen molar-refractivity contribution in [3.8, 4) is 0 Å². The molecule has 19 heavy (non-hydrogen) atoms. The van der Waals surface area contributed by atoms with Gasteiger partial charge in [0.25, 0.3) is 0 Å². The molecule has 5 nitrogen and oxygen atoms in total. The summed E-state index contributed by atoms with van der Waals surface area (Å²) in [4.78, 5) is 23.2. The number of hydrogen-bond donors (Lipinski definition) is 3. The molecule has 102 valence electrons. The van der Waals surface area contributed by atoms with E-state index in [2.05, 4.69) is 10.6 Å². The Morgan fingerprint density at radius 3 is 2.84 bits per heavy atom. The Kier molecular flexibility index (Phi) is 3.85. The molecule has 0 radical (unpaired) electrons. The molecule has 1 saturated heterocycles. The minimum absolute atomic E-state index is 0.0393. The molecule has 0 saturated carbocycles. The van der Waals surface area contributed by atoms with Crippen LogP contribution in [0.25, 0.3) is 0 Å². The molecule has 1 amide bonds. The molecule has 5 heteroatoms. The van der Waals surface area contributed by atoms with E-state index in [1.54, 1.807) is 12.1 Å². The van der Waals surface area contributed by atoms with Crippen LogP contribution in [0.3, 0.4) is 0 Å². The molecule has 1 aromatic carbocycles. The highest BCUT2D eigenvalue weighted by atomic mass is 16.4. The summed E-state index contributed by atoms with van der Waals surface area (Å²) >= 11 is 0. The zero-order chi connectivity index (χ0) is 13.9. The van der Waals surface area contributed by atoms with Gasteiger partial charge in [-0.3, -0.25) is 4.79 Å². The van der Waals surface area contributed by atoms with Crippen molar-refractivity contribution in [1.82, 2.24) is 5.32 Å². The molecule has 1 aliphatic rings. The first kappa shape index (κ1) is 13.5. The quantitative estimate of drug-likeness (QED) is 0.772. The second kappa shape index (κ2) is 5.40. The Hall–Kier alpha value is -1.88. The summed E-state index contributed by atoms with van der Waals surface area (Å²) in [6.45, 7) is 3.52. The molecule has 1 aromatic rings. The van der Waals surface area contributed by atoms with Crippen molar-refractivity contribution >= 4 is 17.6 Å². The van der Waals surface area contributed by atoms with Crippen molar-refractivity contribution < 1.29 is 14.7 Å². The Bertz CT molecular complexity index is 493. The fraction of sp³-hybridized carbons (Fsp3) is 0.429. The Labute approximate surface area is 112 Å². The fourth-order valence-corrected chi connectivity index (χ4v) is 2.39. The van der Waals surface area contributed by atoms with Crippen LogP contribution in [0, 0.1) is 5.41 Å². The highest BCUT2D eigenvalue weighted by Crippen LogP contribution is 2.31. The SMILES string of the molecule is CCC1(C(=O)Nc2cccc(C(=O)O)c2)CCNC1. The van der Waals surface area contributed by atoms with E-state index < -0.39 is 5.97 Å². The molecule has 1 heterocycles. The number of carboxylic acid groups (broad SMARTS) is 1. The Morgan fingerprint density at radius 2 is 2.26 bits per heavy atom. The van der Waals surface area contributed by atoms with Gasteiger partial charge >= 0.3 is 5.97 Å². The van der Waals surface area contributed by atoms with Gasteiger partial charge in [-0.15, -0.1) is 0 Å². The fourth-order valence-electron chi connectivity index (χ4n) is 2.39. The molecule has 1 fully saturated rings. The summed E-state index contributed by atoms with van der Waals surface area (Å²) in [5, 5.41) is 15.0. The molecular formula is C14H18N2O3. The first-order valence-electron chi connectivity index (χ1n) is 6.43. The van der Waals surface area contributed by atoms with Crippen LogP contribution >= 0.6 is 0 Å². The maximum absolute atomic E-state index is 12.4. The third-order valence-electron chi connectivity index (χ3n) is 3.77. The Morgan fingerprint density at radius 1 is 1.47 bits per heavy atom. The Balaban J connectivity index is 2.14. The molecule has 3 N–H and O–H groups in total. The number of aromatic carboxylic acids is 1. The van der Waals surface area contributed by atoms with Crippen molar-refractivity contribution in [2.75, 3.05) is 18.4 Å². The minimum Gasteiger partial charge on any atom is -0.478 e. The largest absolute Gasteiger partial charge is 0.478 e. The molecule has 2 rings (SSSR count). The number of rotatable bonds is 4. The third kappa shape index (κ3) is 2.76. The van der Waals surface area contributed by atoms with Crippen molar-refractivity contribution in [3.05, 3.63) is 29.8 Å². The number of carbonyl (C=O) groups is 2. The van der Waals surface area contributed by atoms with Gasteiger partial charge in [0.1, 0.15) is 0 Å². The van der Waals surface area contributed by atoms with Crippen LogP contribution < -0.4 is 10.6 Å². The van der Waals surface area contributed by atoms with Gasteiger partial charge in [0, 0.05) is 12.2 Å². The predicted octanol–water partition coefficient (Wildman–Crippen LogP) is 1.71. The molecular weight excluding hydrogens is 244 g/mol. The van der Waals surface area contributed by atoms with Crippen molar-refractivity contribution in [2.24, 2.45) is 5.41 Å². The molecule has 0 spiro atoms. The summed E-state index contributed by atoms with van der Waals surface area (Å²) in [6, 6.07) is 6.32. The predicted molar refractivity (Wildman–Crippen MR) is 72.2 cm³/mol. The smallest absolute Gasteiger partial charge is 0.335 e. The first-order chi connectivity index (χ1) is 9.07. The van der Waals surface area contributed by atoms with E-state index in [9.17, 15) is 9.59 Å². The van der Waals surface area contributed by atoms with E-state index in [4.69, 9.17) is 5.11 Å². The maximum atomic E-state index is 12.4. The van der Waals surface area contributed by atoms with Crippen LogP contribution in [0.4, 0.5) is 5.69 Å². The summed E-state index contributed by atoms with van der Waals surface area (Å²) in [6.07, 6.45) is 1.58. The lowest BCUT2D eigenvalue weighted by molar-refractivity contribution is -0.124. The molecule has 1 atom stereocenters. The lowest BCUT2D eigenvalue weighted by atomic mass is 9.83. The number of carboxylic acids is 1. The van der Waals surface area contributed by atoms with Gasteiger partial charge in [0.2, 0.25) is 5.91 Å². The van der Waals surface area contributed by atoms with Gasteiger partial charge in [0.15, 0.2) is 0 Å². The number of carbonyl (C=O) groups excluding carboxylic acids is 1. The van der Waals surface area contributed by atoms with Crippen LogP contribution in [-0.2, 0) is 4.79 Å². The summed E-state index contributed by atoms with van der Waals surface area (Å²) in [5.74, 6) is -1.04. The van der Waals surface area contributed by atoms with Crippen LogP contribution in [0.2, 0.25) is 0 Å². The molecule has 1 unspecified atom stereocenters. The normalized spacial score (nSPS) is 22.2. The molecule has 0 aromatic heterocycles. The molecule has 1 aliphatic heterocycles. The van der Waals surface area contributed by atoms with Crippen LogP contribution in [0.5, 0.6) is 0 Å². The van der Waals surface area contributed by atoms with Crippen molar-refractivity contribution in [1.29, 1.82) is 0 Å². The third-order valence-corrected chi connectivity index (χ3v) is 3.77. The maximum Gasteiger partial charge on any atom is 0.335 e. The van der Waals surface area contributed by atoms with Gasteiger partial charge in [-0.25, -0.2) is 4.79 Å². The van der Waals surface area contributed by atoms with E-state index in [1.165, 1.54) is 12.1 Å². The number of hydrogen-bond acceptors (Lipinski definition) is 3. The van der Waals surface area contributed by atoms with Gasteiger partial charge in [-0.1, -0.05) is 13.0 Å². The van der Waals surface area contributed by atoms with Gasteiger partial charge < -0.3 is 15.7 Å². The number of benzene rings is 1. The number of anilines is 1. The number of nitrogens with one attached hydrogen (secondary N) is 2. The van der Waals surface area contributed by atoms with E-state index in [0.717, 1.165) is 19.4 Å². The minimum atomic E-state index is -0.996. The molecule has 0 aliphatic carbocycles. The average molecular weight is 262 g/mol. The van der Waals surface area contributed by atoms with Crippen LogP contribution in [0.1, 0.15) is 30.1 Å². The zero-order valence-electron chi connectivity index (χ0n) is 10.9. The van der Waals surface area contributed by atoms with Gasteiger partial charge in [0.05, 0.1) is 11.0 Å². The molecule has 0 bridgehead atoms. The van der Waals surface area contributed by atoms with E-state index in [0.29, 0.717) is 12.2 Å². The van der Waals surface area contributed by atoms with E-state index >= 15 is 0 Å². The highest BCUT2D eigenvalue weighted by Gasteiger charge is 2.39. The van der Waals surface area contributed by atoms with Crippen molar-refractivity contribution in [3.63, 3.8) is 0 Å². The monoisotopic (exact) mass is 262 g/mol.